The van der Waals surface area contributed by atoms with Crippen molar-refractivity contribution in [2.75, 3.05) is 13.1 Å². The van der Waals surface area contributed by atoms with Crippen molar-refractivity contribution in [3.8, 4) is 0 Å². The average molecular weight is 420 g/mol. The highest BCUT2D eigenvalue weighted by molar-refractivity contribution is 5.94. The molecule has 1 aliphatic heterocycles. The van der Waals surface area contributed by atoms with Crippen LogP contribution in [0.3, 0.4) is 0 Å². The highest BCUT2D eigenvalue weighted by Crippen LogP contribution is 2.27. The molecule has 2 aromatic rings. The van der Waals surface area contributed by atoms with Gasteiger partial charge in [-0.3, -0.25) is 14.3 Å². The monoisotopic (exact) mass is 419 g/mol. The van der Waals surface area contributed by atoms with Crippen molar-refractivity contribution < 1.29 is 9.59 Å². The summed E-state index contributed by atoms with van der Waals surface area (Å²) in [5.41, 5.74) is 0.839. The van der Waals surface area contributed by atoms with E-state index >= 15 is 0 Å². The Hall–Kier alpha value is -2.38. The first kappa shape index (κ1) is 22.9. The average Bonchev–Trinajstić information content (AvgIpc) is 3.28. The summed E-state index contributed by atoms with van der Waals surface area (Å²) in [5.74, 6) is -0.124. The van der Waals surface area contributed by atoms with Gasteiger partial charge in [-0.2, -0.15) is 5.10 Å². The Morgan fingerprint density at radius 3 is 2.69 bits per heavy atom. The number of aromatic nitrogens is 2. The Kier molecular flexibility index (Phi) is 8.22. The minimum Gasteiger partial charge on any atom is -0.350 e. The highest BCUT2D eigenvalue weighted by Gasteiger charge is 2.41. The largest absolute Gasteiger partial charge is 0.350 e. The molecule has 1 aromatic heterocycles. The standard InChI is InChI=1S/C21H29N5O2.ClH/c1-3-16(2)25-19(27)18-7-4-6-17(14-18)15-23-20(28)21(8-11-22-12-9-21)26-13-5-10-24-26;/h4-7,10,13-14,16,22H,3,8-9,11-12,15H2,1-2H3,(H,23,28)(H,25,27);1H. The Bertz CT molecular complexity index is 803. The maximum Gasteiger partial charge on any atom is 0.251 e. The second kappa shape index (κ2) is 10.4. The van der Waals surface area contributed by atoms with Gasteiger partial charge in [-0.15, -0.1) is 12.4 Å². The lowest BCUT2D eigenvalue weighted by molar-refractivity contribution is -0.132. The molecule has 0 saturated carbocycles. The summed E-state index contributed by atoms with van der Waals surface area (Å²) in [7, 11) is 0. The molecule has 2 heterocycles. The third-order valence-corrected chi connectivity index (χ3v) is 5.43. The number of hydrogen-bond donors (Lipinski definition) is 3. The van der Waals surface area contributed by atoms with Gasteiger partial charge in [0.1, 0.15) is 5.54 Å². The molecule has 1 atom stereocenters. The first-order chi connectivity index (χ1) is 13.5. The zero-order chi connectivity index (χ0) is 20.0. The summed E-state index contributed by atoms with van der Waals surface area (Å²) in [5, 5.41) is 13.7. The maximum absolute atomic E-state index is 13.1. The van der Waals surface area contributed by atoms with Gasteiger partial charge in [-0.1, -0.05) is 19.1 Å². The van der Waals surface area contributed by atoms with Gasteiger partial charge in [-0.25, -0.2) is 0 Å². The summed E-state index contributed by atoms with van der Waals surface area (Å²) in [4.78, 5) is 25.5. The summed E-state index contributed by atoms with van der Waals surface area (Å²) >= 11 is 0. The smallest absolute Gasteiger partial charge is 0.251 e. The lowest BCUT2D eigenvalue weighted by atomic mass is 9.87. The molecule has 3 N–H and O–H groups in total. The van der Waals surface area contributed by atoms with E-state index in [0.717, 1.165) is 25.1 Å². The van der Waals surface area contributed by atoms with E-state index in [1.54, 1.807) is 16.9 Å². The molecule has 1 aliphatic rings. The Morgan fingerprint density at radius 2 is 2.03 bits per heavy atom. The predicted octanol–water partition coefficient (Wildman–Crippen LogP) is 2.23. The second-order valence-electron chi connectivity index (χ2n) is 7.40. The van der Waals surface area contributed by atoms with Gasteiger partial charge < -0.3 is 16.0 Å². The number of halogens is 1. The molecule has 1 unspecified atom stereocenters. The van der Waals surface area contributed by atoms with Crippen LogP contribution < -0.4 is 16.0 Å². The molecule has 0 bridgehead atoms. The fourth-order valence-corrected chi connectivity index (χ4v) is 3.50. The van der Waals surface area contributed by atoms with Crippen molar-refractivity contribution in [2.45, 2.75) is 51.2 Å². The van der Waals surface area contributed by atoms with Crippen LogP contribution in [0.2, 0.25) is 0 Å². The Balaban J connectivity index is 0.00000300. The highest BCUT2D eigenvalue weighted by atomic mass is 35.5. The van der Waals surface area contributed by atoms with E-state index in [1.807, 2.05) is 44.3 Å². The van der Waals surface area contributed by atoms with E-state index < -0.39 is 5.54 Å². The lowest BCUT2D eigenvalue weighted by Crippen LogP contribution is -2.54. The number of nitrogens with zero attached hydrogens (tertiary/aromatic N) is 2. The molecule has 2 amide bonds. The number of benzene rings is 1. The Labute approximate surface area is 178 Å². The van der Waals surface area contributed by atoms with Crippen LogP contribution >= 0.6 is 12.4 Å². The fraction of sp³-hybridized carbons (Fsp3) is 0.476. The summed E-state index contributed by atoms with van der Waals surface area (Å²) in [6, 6.07) is 9.37. The molecule has 0 aliphatic carbocycles. The Morgan fingerprint density at radius 1 is 1.28 bits per heavy atom. The van der Waals surface area contributed by atoms with Crippen LogP contribution in [0.4, 0.5) is 0 Å². The number of carbonyl (C=O) groups excluding carboxylic acids is 2. The van der Waals surface area contributed by atoms with Crippen LogP contribution in [0, 0.1) is 0 Å². The van der Waals surface area contributed by atoms with Gasteiger partial charge in [0.15, 0.2) is 0 Å². The predicted molar refractivity (Wildman–Crippen MR) is 115 cm³/mol. The molecule has 29 heavy (non-hydrogen) atoms. The van der Waals surface area contributed by atoms with Crippen LogP contribution in [0.1, 0.15) is 49.0 Å². The lowest BCUT2D eigenvalue weighted by Gasteiger charge is -2.36. The first-order valence-electron chi connectivity index (χ1n) is 9.94. The molecule has 1 aromatic carbocycles. The molecule has 1 fully saturated rings. The topological polar surface area (TPSA) is 88.1 Å². The van der Waals surface area contributed by atoms with Gasteiger partial charge >= 0.3 is 0 Å². The van der Waals surface area contributed by atoms with Crippen LogP contribution in [0.25, 0.3) is 0 Å². The number of piperidine rings is 1. The zero-order valence-corrected chi connectivity index (χ0v) is 17.8. The quantitative estimate of drug-likeness (QED) is 0.642. The molecule has 3 rings (SSSR count). The summed E-state index contributed by atoms with van der Waals surface area (Å²) < 4.78 is 1.78. The zero-order valence-electron chi connectivity index (χ0n) is 17.0. The normalized spacial score (nSPS) is 16.3. The third-order valence-electron chi connectivity index (χ3n) is 5.43. The molecule has 8 heteroatoms. The van der Waals surface area contributed by atoms with Crippen molar-refractivity contribution >= 4 is 24.2 Å². The fourth-order valence-electron chi connectivity index (χ4n) is 3.50. The summed E-state index contributed by atoms with van der Waals surface area (Å²) in [6.45, 7) is 5.94. The van der Waals surface area contributed by atoms with E-state index in [-0.39, 0.29) is 30.3 Å². The van der Waals surface area contributed by atoms with Crippen LogP contribution in [0.5, 0.6) is 0 Å². The van der Waals surface area contributed by atoms with Crippen LogP contribution in [-0.2, 0) is 16.9 Å². The van der Waals surface area contributed by atoms with E-state index in [1.165, 1.54) is 0 Å². The molecular weight excluding hydrogens is 390 g/mol. The van der Waals surface area contributed by atoms with Crippen molar-refractivity contribution in [1.29, 1.82) is 0 Å². The molecule has 1 saturated heterocycles. The van der Waals surface area contributed by atoms with Gasteiger partial charge in [-0.05, 0) is 63.0 Å². The van der Waals surface area contributed by atoms with Crippen molar-refractivity contribution in [3.63, 3.8) is 0 Å². The van der Waals surface area contributed by atoms with Gasteiger partial charge in [0.05, 0.1) is 0 Å². The number of rotatable bonds is 7. The van der Waals surface area contributed by atoms with Gasteiger partial charge in [0.25, 0.3) is 5.91 Å². The van der Waals surface area contributed by atoms with E-state index in [0.29, 0.717) is 24.9 Å². The number of nitrogens with one attached hydrogen (secondary N) is 3. The van der Waals surface area contributed by atoms with Crippen molar-refractivity contribution in [1.82, 2.24) is 25.7 Å². The summed E-state index contributed by atoms with van der Waals surface area (Å²) in [6.07, 6.45) is 5.82. The maximum atomic E-state index is 13.1. The minimum absolute atomic E-state index is 0. The SMILES string of the molecule is CCC(C)NC(=O)c1cccc(CNC(=O)C2(n3cccn3)CCNCC2)c1.Cl. The first-order valence-corrected chi connectivity index (χ1v) is 9.94. The van der Waals surface area contributed by atoms with E-state index in [4.69, 9.17) is 0 Å². The van der Waals surface area contributed by atoms with E-state index in [2.05, 4.69) is 21.0 Å². The third kappa shape index (κ3) is 5.36. The van der Waals surface area contributed by atoms with Gasteiger partial charge in [0, 0.05) is 30.5 Å². The van der Waals surface area contributed by atoms with Crippen molar-refractivity contribution in [3.05, 3.63) is 53.9 Å². The molecule has 158 valence electrons. The number of carbonyl (C=O) groups is 2. The molecule has 7 nitrogen and oxygen atoms in total. The van der Waals surface area contributed by atoms with Gasteiger partial charge in [0.2, 0.25) is 5.91 Å². The van der Waals surface area contributed by atoms with Crippen LogP contribution in [0.15, 0.2) is 42.7 Å². The van der Waals surface area contributed by atoms with Crippen molar-refractivity contribution in [2.24, 2.45) is 0 Å². The van der Waals surface area contributed by atoms with E-state index in [9.17, 15) is 9.59 Å². The number of amides is 2. The molecule has 0 radical (unpaired) electrons. The number of hydrogen-bond acceptors (Lipinski definition) is 4. The minimum atomic E-state index is -0.666. The second-order valence-corrected chi connectivity index (χ2v) is 7.40. The van der Waals surface area contributed by atoms with Crippen LogP contribution in [-0.4, -0.2) is 40.7 Å². The molecule has 0 spiro atoms. The molecular formula is C21H30ClN5O2.